The average Bonchev–Trinajstić information content (AvgIpc) is 3.22. The van der Waals surface area contributed by atoms with Crippen molar-refractivity contribution in [2.75, 3.05) is 5.32 Å². The molecule has 8 heteroatoms. The molecule has 8 nitrogen and oxygen atoms in total. The number of aromatic nitrogens is 3. The van der Waals surface area contributed by atoms with Gasteiger partial charge in [-0.3, -0.25) is 14.5 Å². The molecule has 0 aliphatic carbocycles. The molecule has 0 spiro atoms. The molecule has 0 amide bonds. The lowest BCUT2D eigenvalue weighted by Crippen LogP contribution is -2.24. The van der Waals surface area contributed by atoms with Gasteiger partial charge in [0, 0.05) is 36.1 Å². The number of benzene rings is 2. The Bertz CT molecular complexity index is 1740. The molecule has 0 bridgehead atoms. The predicted molar refractivity (Wildman–Crippen MR) is 148 cm³/mol. The van der Waals surface area contributed by atoms with Gasteiger partial charge in [0.2, 0.25) is 0 Å². The van der Waals surface area contributed by atoms with Crippen LogP contribution < -0.4 is 10.7 Å². The summed E-state index contributed by atoms with van der Waals surface area (Å²) in [5.41, 5.74) is 4.65. The summed E-state index contributed by atoms with van der Waals surface area (Å²) in [6.45, 7) is 9.42. The number of anilines is 1. The number of para-hydroxylation sites is 1. The van der Waals surface area contributed by atoms with Gasteiger partial charge in [0.1, 0.15) is 28.0 Å². The number of nitrogens with zero attached hydrogens (tertiary/aromatic N) is 3. The summed E-state index contributed by atoms with van der Waals surface area (Å²) >= 11 is 0. The maximum absolute atomic E-state index is 13.2. The van der Waals surface area contributed by atoms with Crippen molar-refractivity contribution in [1.82, 2.24) is 14.8 Å². The fourth-order valence-electron chi connectivity index (χ4n) is 4.48. The van der Waals surface area contributed by atoms with E-state index < -0.39 is 11.6 Å². The fourth-order valence-corrected chi connectivity index (χ4v) is 4.48. The second-order valence-electron chi connectivity index (χ2n) is 10.6. The third-order valence-electron chi connectivity index (χ3n) is 6.14. The van der Waals surface area contributed by atoms with Gasteiger partial charge in [-0.15, -0.1) is 0 Å². The van der Waals surface area contributed by atoms with Crippen molar-refractivity contribution in [3.05, 3.63) is 87.8 Å². The van der Waals surface area contributed by atoms with Gasteiger partial charge in [-0.1, -0.05) is 18.2 Å². The van der Waals surface area contributed by atoms with Crippen LogP contribution >= 0.6 is 0 Å². The molecule has 0 fully saturated rings. The quantitative estimate of drug-likeness (QED) is 0.282. The molecule has 38 heavy (non-hydrogen) atoms. The van der Waals surface area contributed by atoms with E-state index in [2.05, 4.69) is 15.4 Å². The summed E-state index contributed by atoms with van der Waals surface area (Å²) < 4.78 is 13.7. The lowest BCUT2D eigenvalue weighted by atomic mass is 10.00. The van der Waals surface area contributed by atoms with Gasteiger partial charge in [-0.2, -0.15) is 5.10 Å². The first-order chi connectivity index (χ1) is 18.0. The molecule has 3 heterocycles. The van der Waals surface area contributed by atoms with Gasteiger partial charge in [-0.25, -0.2) is 4.79 Å². The summed E-state index contributed by atoms with van der Waals surface area (Å²) in [5, 5.41) is 8.34. The van der Waals surface area contributed by atoms with Crippen molar-refractivity contribution in [2.24, 2.45) is 7.05 Å². The standard InChI is InChI=1S/C30H30N4O4/c1-17-11-21(18(2)32-23-10-8-7-9-20(23)29(36)38-30(3,4)5)28-22(12-17)26(35)14-27(37-28)19-13-24-25(31-15-19)16-34(6)33-24/h7-16,18,32H,1-6H3. The van der Waals surface area contributed by atoms with Crippen molar-refractivity contribution in [2.45, 2.75) is 46.3 Å². The number of esters is 1. The molecule has 3 aromatic heterocycles. The minimum atomic E-state index is -0.616. The minimum absolute atomic E-state index is 0.145. The molecule has 2 aromatic carbocycles. The van der Waals surface area contributed by atoms with Crippen LogP contribution in [0.25, 0.3) is 33.3 Å². The number of nitrogens with one attached hydrogen (secondary N) is 1. The highest BCUT2D eigenvalue weighted by molar-refractivity contribution is 5.96. The number of aryl methyl sites for hydroxylation is 2. The van der Waals surface area contributed by atoms with Crippen LogP contribution in [0.3, 0.4) is 0 Å². The molecule has 5 aromatic rings. The molecule has 194 valence electrons. The second-order valence-corrected chi connectivity index (χ2v) is 10.6. The smallest absolute Gasteiger partial charge is 0.340 e. The van der Waals surface area contributed by atoms with E-state index in [1.807, 2.05) is 78.2 Å². The maximum atomic E-state index is 13.2. The Morgan fingerprint density at radius 2 is 1.87 bits per heavy atom. The van der Waals surface area contributed by atoms with E-state index in [1.54, 1.807) is 23.0 Å². The number of carbonyl (C=O) groups excluding carboxylic acids is 1. The summed E-state index contributed by atoms with van der Waals surface area (Å²) in [4.78, 5) is 30.6. The van der Waals surface area contributed by atoms with E-state index >= 15 is 0 Å². The summed E-state index contributed by atoms with van der Waals surface area (Å²) in [5.74, 6) is 0.00198. The van der Waals surface area contributed by atoms with Crippen LogP contribution in [0.4, 0.5) is 5.69 Å². The first-order valence-electron chi connectivity index (χ1n) is 12.5. The van der Waals surface area contributed by atoms with E-state index in [0.29, 0.717) is 39.1 Å². The number of pyridine rings is 1. The van der Waals surface area contributed by atoms with Crippen LogP contribution in [0, 0.1) is 6.92 Å². The third kappa shape index (κ3) is 5.02. The Kier molecular flexibility index (Phi) is 6.26. The van der Waals surface area contributed by atoms with Crippen LogP contribution in [0.15, 0.2) is 70.1 Å². The highest BCUT2D eigenvalue weighted by Gasteiger charge is 2.22. The number of hydrogen-bond acceptors (Lipinski definition) is 7. The van der Waals surface area contributed by atoms with Crippen LogP contribution in [-0.4, -0.2) is 26.3 Å². The Hall–Kier alpha value is -4.46. The molecule has 1 unspecified atom stereocenters. The SMILES string of the molecule is Cc1cc(C(C)Nc2ccccc2C(=O)OC(C)(C)C)c2oc(-c3cnc4cn(C)nc4c3)cc(=O)c2c1. The monoisotopic (exact) mass is 510 g/mol. The van der Waals surface area contributed by atoms with Gasteiger partial charge in [0.25, 0.3) is 0 Å². The van der Waals surface area contributed by atoms with E-state index in [1.165, 1.54) is 6.07 Å². The Balaban J connectivity index is 1.57. The minimum Gasteiger partial charge on any atom is -0.456 e. The molecule has 0 aliphatic heterocycles. The van der Waals surface area contributed by atoms with Gasteiger partial charge in [-0.05, 0) is 64.4 Å². The largest absolute Gasteiger partial charge is 0.456 e. The van der Waals surface area contributed by atoms with E-state index in [9.17, 15) is 9.59 Å². The molecule has 0 saturated heterocycles. The number of ether oxygens (including phenoxy) is 1. The first kappa shape index (κ1) is 25.2. The maximum Gasteiger partial charge on any atom is 0.340 e. The van der Waals surface area contributed by atoms with Crippen LogP contribution in [0.2, 0.25) is 0 Å². The van der Waals surface area contributed by atoms with Crippen molar-refractivity contribution < 1.29 is 13.9 Å². The molecular weight excluding hydrogens is 480 g/mol. The second kappa shape index (κ2) is 9.45. The molecule has 1 N–H and O–H groups in total. The number of rotatable bonds is 5. The van der Waals surface area contributed by atoms with E-state index in [-0.39, 0.29) is 11.5 Å². The van der Waals surface area contributed by atoms with E-state index in [0.717, 1.165) is 16.6 Å². The summed E-state index contributed by atoms with van der Waals surface area (Å²) in [6, 6.07) is 14.1. The Morgan fingerprint density at radius 1 is 1.11 bits per heavy atom. The highest BCUT2D eigenvalue weighted by atomic mass is 16.6. The zero-order valence-electron chi connectivity index (χ0n) is 22.3. The first-order valence-corrected chi connectivity index (χ1v) is 12.5. The van der Waals surface area contributed by atoms with Gasteiger partial charge in [0.05, 0.1) is 23.2 Å². The van der Waals surface area contributed by atoms with Crippen molar-refractivity contribution in [1.29, 1.82) is 0 Å². The third-order valence-corrected chi connectivity index (χ3v) is 6.14. The van der Waals surface area contributed by atoms with Crippen LogP contribution in [0.1, 0.15) is 55.2 Å². The molecule has 5 rings (SSSR count). The molecule has 0 radical (unpaired) electrons. The molecule has 0 saturated carbocycles. The van der Waals surface area contributed by atoms with E-state index in [4.69, 9.17) is 9.15 Å². The van der Waals surface area contributed by atoms with Crippen molar-refractivity contribution in [3.63, 3.8) is 0 Å². The van der Waals surface area contributed by atoms with Crippen molar-refractivity contribution in [3.8, 4) is 11.3 Å². The Labute approximate surface area is 220 Å². The average molecular weight is 511 g/mol. The summed E-state index contributed by atoms with van der Waals surface area (Å²) in [7, 11) is 1.83. The predicted octanol–water partition coefficient (Wildman–Crippen LogP) is 6.18. The zero-order chi connectivity index (χ0) is 27.2. The van der Waals surface area contributed by atoms with Gasteiger partial charge in [0.15, 0.2) is 5.43 Å². The van der Waals surface area contributed by atoms with Crippen LogP contribution in [0.5, 0.6) is 0 Å². The summed E-state index contributed by atoms with van der Waals surface area (Å²) in [6.07, 6.45) is 3.51. The van der Waals surface area contributed by atoms with Gasteiger partial charge >= 0.3 is 5.97 Å². The van der Waals surface area contributed by atoms with Crippen LogP contribution in [-0.2, 0) is 11.8 Å². The fraction of sp³-hybridized carbons (Fsp3) is 0.267. The number of hydrogen-bond donors (Lipinski definition) is 1. The molecular formula is C30H30N4O4. The number of fused-ring (bicyclic) bond motifs is 2. The number of carbonyl (C=O) groups is 1. The molecule has 0 aliphatic rings. The lowest BCUT2D eigenvalue weighted by Gasteiger charge is -2.22. The lowest BCUT2D eigenvalue weighted by molar-refractivity contribution is 0.00706. The molecule has 1 atom stereocenters. The normalized spacial score (nSPS) is 12.6. The zero-order valence-corrected chi connectivity index (χ0v) is 22.3. The van der Waals surface area contributed by atoms with Crippen molar-refractivity contribution >= 4 is 33.7 Å². The Morgan fingerprint density at radius 3 is 2.63 bits per heavy atom. The highest BCUT2D eigenvalue weighted by Crippen LogP contribution is 2.32. The van der Waals surface area contributed by atoms with Gasteiger partial charge < -0.3 is 14.5 Å². The topological polar surface area (TPSA) is 99.2 Å².